The molecule has 0 aliphatic rings. The zero-order valence-corrected chi connectivity index (χ0v) is 16.0. The van der Waals surface area contributed by atoms with Gasteiger partial charge in [0.1, 0.15) is 0 Å². The van der Waals surface area contributed by atoms with E-state index in [1.165, 1.54) is 0 Å². The Bertz CT molecular complexity index is 981. The summed E-state index contributed by atoms with van der Waals surface area (Å²) in [5, 5.41) is 8.66. The molecule has 6 nitrogen and oxygen atoms in total. The van der Waals surface area contributed by atoms with E-state index >= 15 is 0 Å². The van der Waals surface area contributed by atoms with Crippen molar-refractivity contribution in [2.24, 2.45) is 7.05 Å². The van der Waals surface area contributed by atoms with Crippen LogP contribution in [-0.4, -0.2) is 27.3 Å². The van der Waals surface area contributed by atoms with Crippen LogP contribution in [0.3, 0.4) is 0 Å². The topological polar surface area (TPSA) is 69.0 Å². The van der Waals surface area contributed by atoms with Gasteiger partial charge in [-0.1, -0.05) is 17.7 Å². The van der Waals surface area contributed by atoms with Crippen LogP contribution in [0.25, 0.3) is 11.0 Å². The number of aromatic nitrogens is 3. The number of fused-ring (bicyclic) bond motifs is 1. The second-order valence-corrected chi connectivity index (χ2v) is 6.78. The van der Waals surface area contributed by atoms with E-state index in [1.54, 1.807) is 4.68 Å². The first-order valence-corrected chi connectivity index (χ1v) is 8.68. The quantitative estimate of drug-likeness (QED) is 0.746. The van der Waals surface area contributed by atoms with Gasteiger partial charge in [0.2, 0.25) is 5.88 Å². The molecule has 2 heterocycles. The van der Waals surface area contributed by atoms with Crippen molar-refractivity contribution >= 4 is 28.5 Å². The SMILES string of the molecule is Cc1cc(C)c2c(OCC(=O)NCc3cc(Cl)ccc3C)nn(C)c2n1. The van der Waals surface area contributed by atoms with Crippen LogP contribution in [0.4, 0.5) is 0 Å². The van der Waals surface area contributed by atoms with Crippen molar-refractivity contribution in [3.05, 3.63) is 51.7 Å². The fourth-order valence-corrected chi connectivity index (χ4v) is 3.05. The summed E-state index contributed by atoms with van der Waals surface area (Å²) in [6, 6.07) is 7.58. The monoisotopic (exact) mass is 372 g/mol. The highest BCUT2D eigenvalue weighted by Crippen LogP contribution is 2.27. The Morgan fingerprint density at radius 1 is 1.23 bits per heavy atom. The first-order chi connectivity index (χ1) is 12.3. The highest BCUT2D eigenvalue weighted by molar-refractivity contribution is 6.30. The Morgan fingerprint density at radius 3 is 2.77 bits per heavy atom. The van der Waals surface area contributed by atoms with Gasteiger partial charge in [-0.3, -0.25) is 4.79 Å². The molecule has 0 spiro atoms. The summed E-state index contributed by atoms with van der Waals surface area (Å²) in [6.07, 6.45) is 0. The molecule has 0 saturated heterocycles. The summed E-state index contributed by atoms with van der Waals surface area (Å²) in [5.74, 6) is 0.197. The first kappa shape index (κ1) is 18.2. The summed E-state index contributed by atoms with van der Waals surface area (Å²) < 4.78 is 7.32. The van der Waals surface area contributed by atoms with E-state index in [0.29, 0.717) is 17.4 Å². The maximum atomic E-state index is 12.1. The third-order valence-corrected chi connectivity index (χ3v) is 4.45. The van der Waals surface area contributed by atoms with E-state index in [-0.39, 0.29) is 12.5 Å². The van der Waals surface area contributed by atoms with E-state index in [2.05, 4.69) is 15.4 Å². The zero-order chi connectivity index (χ0) is 18.8. The van der Waals surface area contributed by atoms with Crippen molar-refractivity contribution in [1.29, 1.82) is 0 Å². The molecule has 26 heavy (non-hydrogen) atoms. The van der Waals surface area contributed by atoms with E-state index in [1.807, 2.05) is 52.1 Å². The van der Waals surface area contributed by atoms with Gasteiger partial charge >= 0.3 is 0 Å². The number of aryl methyl sites for hydroxylation is 4. The summed E-state index contributed by atoms with van der Waals surface area (Å²) in [4.78, 5) is 16.6. The summed E-state index contributed by atoms with van der Waals surface area (Å²) in [6.45, 7) is 6.18. The molecule has 0 radical (unpaired) electrons. The van der Waals surface area contributed by atoms with Crippen molar-refractivity contribution in [3.63, 3.8) is 0 Å². The maximum Gasteiger partial charge on any atom is 0.258 e. The smallest absolute Gasteiger partial charge is 0.258 e. The number of ether oxygens (including phenoxy) is 1. The number of carbonyl (C=O) groups excluding carboxylic acids is 1. The van der Waals surface area contributed by atoms with E-state index < -0.39 is 0 Å². The Hall–Kier alpha value is -2.60. The number of pyridine rings is 1. The van der Waals surface area contributed by atoms with E-state index in [9.17, 15) is 4.79 Å². The van der Waals surface area contributed by atoms with Gasteiger partial charge in [0.15, 0.2) is 12.3 Å². The molecular weight excluding hydrogens is 352 g/mol. The standard InChI is InChI=1S/C19H21ClN4O2/c1-11-5-6-15(20)8-14(11)9-21-16(25)10-26-19-17-12(2)7-13(3)22-18(17)24(4)23-19/h5-8H,9-10H2,1-4H3,(H,21,25). The molecule has 0 saturated carbocycles. The third-order valence-electron chi connectivity index (χ3n) is 4.21. The lowest BCUT2D eigenvalue weighted by Crippen LogP contribution is -2.28. The van der Waals surface area contributed by atoms with Crippen LogP contribution < -0.4 is 10.1 Å². The summed E-state index contributed by atoms with van der Waals surface area (Å²) >= 11 is 6.00. The molecule has 2 aromatic heterocycles. The molecule has 0 aliphatic carbocycles. The second-order valence-electron chi connectivity index (χ2n) is 6.34. The maximum absolute atomic E-state index is 12.1. The zero-order valence-electron chi connectivity index (χ0n) is 15.3. The van der Waals surface area contributed by atoms with Crippen LogP contribution in [0, 0.1) is 20.8 Å². The van der Waals surface area contributed by atoms with Gasteiger partial charge in [0, 0.05) is 24.3 Å². The van der Waals surface area contributed by atoms with Crippen LogP contribution in [0.2, 0.25) is 5.02 Å². The summed E-state index contributed by atoms with van der Waals surface area (Å²) in [7, 11) is 1.81. The number of amides is 1. The van der Waals surface area contributed by atoms with Crippen molar-refractivity contribution < 1.29 is 9.53 Å². The number of nitrogens with one attached hydrogen (secondary N) is 1. The van der Waals surface area contributed by atoms with Crippen LogP contribution in [-0.2, 0) is 18.4 Å². The van der Waals surface area contributed by atoms with Gasteiger partial charge in [-0.2, -0.15) is 0 Å². The van der Waals surface area contributed by atoms with Gasteiger partial charge in [0.25, 0.3) is 5.91 Å². The minimum atomic E-state index is -0.221. The van der Waals surface area contributed by atoms with E-state index in [0.717, 1.165) is 33.4 Å². The van der Waals surface area contributed by atoms with Gasteiger partial charge in [-0.25, -0.2) is 9.67 Å². The molecule has 0 bridgehead atoms. The molecule has 1 N–H and O–H groups in total. The molecule has 0 aliphatic heterocycles. The van der Waals surface area contributed by atoms with Gasteiger partial charge < -0.3 is 10.1 Å². The predicted molar refractivity (Wildman–Crippen MR) is 102 cm³/mol. The van der Waals surface area contributed by atoms with Crippen LogP contribution in [0.5, 0.6) is 5.88 Å². The fraction of sp³-hybridized carbons (Fsp3) is 0.316. The second kappa shape index (κ2) is 7.33. The van der Waals surface area contributed by atoms with Gasteiger partial charge in [-0.15, -0.1) is 5.10 Å². The number of halogens is 1. The molecule has 0 atom stereocenters. The average molecular weight is 373 g/mol. The number of hydrogen-bond acceptors (Lipinski definition) is 4. The average Bonchev–Trinajstić information content (AvgIpc) is 2.90. The number of benzene rings is 1. The molecule has 1 amide bonds. The fourth-order valence-electron chi connectivity index (χ4n) is 2.86. The minimum absolute atomic E-state index is 0.112. The Balaban J connectivity index is 1.67. The molecule has 3 aromatic rings. The Labute approximate surface area is 157 Å². The molecule has 136 valence electrons. The Kier molecular flexibility index (Phi) is 5.13. The molecule has 0 unspecified atom stereocenters. The molecule has 3 rings (SSSR count). The summed E-state index contributed by atoms with van der Waals surface area (Å²) in [5.41, 5.74) is 4.73. The molecule has 1 aromatic carbocycles. The lowest BCUT2D eigenvalue weighted by atomic mass is 10.1. The van der Waals surface area contributed by atoms with Crippen LogP contribution in [0.15, 0.2) is 24.3 Å². The third kappa shape index (κ3) is 3.80. The molecule has 0 fully saturated rings. The van der Waals surface area contributed by atoms with Crippen molar-refractivity contribution in [2.75, 3.05) is 6.61 Å². The number of hydrogen-bond donors (Lipinski definition) is 1. The largest absolute Gasteiger partial charge is 0.466 e. The Morgan fingerprint density at radius 2 is 2.00 bits per heavy atom. The van der Waals surface area contributed by atoms with Crippen molar-refractivity contribution in [2.45, 2.75) is 27.3 Å². The highest BCUT2D eigenvalue weighted by atomic mass is 35.5. The normalized spacial score (nSPS) is 11.0. The van der Waals surface area contributed by atoms with Crippen molar-refractivity contribution in [1.82, 2.24) is 20.1 Å². The lowest BCUT2D eigenvalue weighted by molar-refractivity contribution is -0.123. The first-order valence-electron chi connectivity index (χ1n) is 8.30. The van der Waals surface area contributed by atoms with E-state index in [4.69, 9.17) is 16.3 Å². The molecule has 7 heteroatoms. The number of rotatable bonds is 5. The molecular formula is C19H21ClN4O2. The van der Waals surface area contributed by atoms with Gasteiger partial charge in [0.05, 0.1) is 5.39 Å². The highest BCUT2D eigenvalue weighted by Gasteiger charge is 2.15. The number of carbonyl (C=O) groups is 1. The number of nitrogens with zero attached hydrogens (tertiary/aromatic N) is 3. The lowest BCUT2D eigenvalue weighted by Gasteiger charge is -2.09. The minimum Gasteiger partial charge on any atom is -0.466 e. The predicted octanol–water partition coefficient (Wildman–Crippen LogP) is 3.24. The van der Waals surface area contributed by atoms with Crippen molar-refractivity contribution in [3.8, 4) is 5.88 Å². The van der Waals surface area contributed by atoms with Crippen LogP contribution >= 0.6 is 11.6 Å². The van der Waals surface area contributed by atoms with Crippen LogP contribution in [0.1, 0.15) is 22.4 Å². The van der Waals surface area contributed by atoms with Gasteiger partial charge in [-0.05, 0) is 55.7 Å².